The topological polar surface area (TPSA) is 65.1 Å². The first-order chi connectivity index (χ1) is 10.6. The average molecular weight is 300 g/mol. The second kappa shape index (κ2) is 6.13. The van der Waals surface area contributed by atoms with Gasteiger partial charge in [-0.25, -0.2) is 0 Å². The van der Waals surface area contributed by atoms with Gasteiger partial charge < -0.3 is 15.4 Å². The molecule has 2 unspecified atom stereocenters. The molecule has 118 valence electrons. The van der Waals surface area contributed by atoms with E-state index >= 15 is 0 Å². The van der Waals surface area contributed by atoms with Crippen LogP contribution in [0.2, 0.25) is 0 Å². The van der Waals surface area contributed by atoms with Crippen LogP contribution in [0.5, 0.6) is 0 Å². The van der Waals surface area contributed by atoms with Crippen molar-refractivity contribution in [2.75, 3.05) is 13.2 Å². The van der Waals surface area contributed by atoms with Gasteiger partial charge in [0.1, 0.15) is 0 Å². The third kappa shape index (κ3) is 2.75. The Morgan fingerprint density at radius 1 is 1.50 bits per heavy atom. The molecule has 3 rings (SSSR count). The second-order valence-corrected chi connectivity index (χ2v) is 6.66. The number of aliphatic hydroxyl groups is 1. The number of fused-ring (bicyclic) bond motifs is 3. The highest BCUT2D eigenvalue weighted by atomic mass is 16.3. The molecule has 4 nitrogen and oxygen atoms in total. The quantitative estimate of drug-likeness (QED) is 0.812. The number of carbonyl (C=O) groups is 1. The summed E-state index contributed by atoms with van der Waals surface area (Å²) in [4.78, 5) is 15.9. The van der Waals surface area contributed by atoms with Crippen LogP contribution in [-0.4, -0.2) is 29.1 Å². The van der Waals surface area contributed by atoms with Gasteiger partial charge in [0, 0.05) is 24.2 Å². The lowest BCUT2D eigenvalue weighted by Crippen LogP contribution is -2.29. The number of nitrogens with one attached hydrogen (secondary N) is 2. The number of aromatic amines is 1. The molecule has 0 fully saturated rings. The highest BCUT2D eigenvalue weighted by Crippen LogP contribution is 2.32. The van der Waals surface area contributed by atoms with E-state index in [1.54, 1.807) is 0 Å². The van der Waals surface area contributed by atoms with Crippen LogP contribution in [0.25, 0.3) is 10.9 Å². The third-order valence-corrected chi connectivity index (χ3v) is 4.64. The molecule has 1 aliphatic rings. The van der Waals surface area contributed by atoms with Crippen molar-refractivity contribution in [3.8, 4) is 0 Å². The minimum absolute atomic E-state index is 0.0702. The van der Waals surface area contributed by atoms with Gasteiger partial charge in [0.15, 0.2) is 0 Å². The maximum absolute atomic E-state index is 12.4. The Morgan fingerprint density at radius 2 is 2.32 bits per heavy atom. The van der Waals surface area contributed by atoms with Gasteiger partial charge in [-0.1, -0.05) is 26.0 Å². The Balaban J connectivity index is 1.92. The molecular weight excluding hydrogens is 276 g/mol. The van der Waals surface area contributed by atoms with Crippen LogP contribution >= 0.6 is 0 Å². The third-order valence-electron chi connectivity index (χ3n) is 4.64. The molecule has 1 amide bonds. The number of aromatic nitrogens is 1. The van der Waals surface area contributed by atoms with Gasteiger partial charge in [0.2, 0.25) is 0 Å². The fourth-order valence-electron chi connectivity index (χ4n) is 3.23. The number of H-pyrrole nitrogens is 1. The molecule has 1 heterocycles. The summed E-state index contributed by atoms with van der Waals surface area (Å²) < 4.78 is 0. The number of carbonyl (C=O) groups excluding carboxylic acids is 1. The number of rotatable bonds is 4. The summed E-state index contributed by atoms with van der Waals surface area (Å²) in [5.41, 5.74) is 4.32. The number of aliphatic hydroxyl groups excluding tert-OH is 1. The van der Waals surface area contributed by atoms with Crippen LogP contribution in [0, 0.1) is 11.8 Å². The molecule has 2 atom stereocenters. The first-order valence-corrected chi connectivity index (χ1v) is 8.11. The molecule has 0 radical (unpaired) electrons. The van der Waals surface area contributed by atoms with Crippen molar-refractivity contribution in [2.24, 2.45) is 11.8 Å². The standard InChI is InChI=1S/C18H24N2O2/c1-11-6-7-16-15(8-11)13-4-3-5-14(17(13)20-16)18(22)19-9-12(2)10-21/h3-5,11-12,20-21H,6-10H2,1-2H3,(H,19,22). The summed E-state index contributed by atoms with van der Waals surface area (Å²) >= 11 is 0. The van der Waals surface area contributed by atoms with E-state index < -0.39 is 0 Å². The van der Waals surface area contributed by atoms with Crippen LogP contribution in [0.15, 0.2) is 18.2 Å². The summed E-state index contributed by atoms with van der Waals surface area (Å²) in [6.45, 7) is 4.77. The zero-order valence-corrected chi connectivity index (χ0v) is 13.3. The summed E-state index contributed by atoms with van der Waals surface area (Å²) in [6, 6.07) is 5.93. The van der Waals surface area contributed by atoms with Crippen LogP contribution in [0.4, 0.5) is 0 Å². The van der Waals surface area contributed by atoms with Crippen molar-refractivity contribution >= 4 is 16.8 Å². The van der Waals surface area contributed by atoms with Crippen molar-refractivity contribution < 1.29 is 9.90 Å². The SMILES string of the molecule is CC(CO)CNC(=O)c1cccc2c3c([nH]c12)CCC(C)C3. The highest BCUT2D eigenvalue weighted by Gasteiger charge is 2.22. The van der Waals surface area contributed by atoms with Crippen molar-refractivity contribution in [2.45, 2.75) is 33.1 Å². The van der Waals surface area contributed by atoms with E-state index in [4.69, 9.17) is 5.11 Å². The molecule has 0 saturated heterocycles. The Labute approximate surface area is 130 Å². The molecule has 0 saturated carbocycles. The number of para-hydroxylation sites is 1. The van der Waals surface area contributed by atoms with Gasteiger partial charge in [-0.15, -0.1) is 0 Å². The molecule has 0 bridgehead atoms. The minimum atomic E-state index is -0.0717. The molecule has 22 heavy (non-hydrogen) atoms. The van der Waals surface area contributed by atoms with Crippen LogP contribution in [0.3, 0.4) is 0 Å². The molecule has 1 aromatic carbocycles. The summed E-state index contributed by atoms with van der Waals surface area (Å²) in [6.07, 6.45) is 3.35. The zero-order chi connectivity index (χ0) is 15.7. The minimum Gasteiger partial charge on any atom is -0.396 e. The van der Waals surface area contributed by atoms with Gasteiger partial charge in [0.25, 0.3) is 5.91 Å². The van der Waals surface area contributed by atoms with Crippen LogP contribution < -0.4 is 5.32 Å². The largest absolute Gasteiger partial charge is 0.396 e. The van der Waals surface area contributed by atoms with Gasteiger partial charge in [-0.2, -0.15) is 0 Å². The van der Waals surface area contributed by atoms with Crippen LogP contribution in [-0.2, 0) is 12.8 Å². The average Bonchev–Trinajstić information content (AvgIpc) is 2.90. The molecule has 1 aromatic heterocycles. The van der Waals surface area contributed by atoms with E-state index in [0.717, 1.165) is 18.4 Å². The lowest BCUT2D eigenvalue weighted by atomic mass is 9.87. The number of benzene rings is 1. The van der Waals surface area contributed by atoms with E-state index in [-0.39, 0.29) is 18.4 Å². The lowest BCUT2D eigenvalue weighted by molar-refractivity contribution is 0.0944. The number of amides is 1. The molecule has 0 aliphatic heterocycles. The molecule has 1 aliphatic carbocycles. The Kier molecular flexibility index (Phi) is 4.21. The molecule has 3 N–H and O–H groups in total. The van der Waals surface area contributed by atoms with E-state index in [1.807, 2.05) is 19.1 Å². The van der Waals surface area contributed by atoms with Crippen molar-refractivity contribution in [1.29, 1.82) is 0 Å². The normalized spacial score (nSPS) is 19.0. The predicted octanol–water partition coefficient (Wildman–Crippen LogP) is 2.65. The van der Waals surface area contributed by atoms with E-state index in [1.165, 1.54) is 23.1 Å². The second-order valence-electron chi connectivity index (χ2n) is 6.66. The molecule has 0 spiro atoms. The lowest BCUT2D eigenvalue weighted by Gasteiger charge is -2.17. The first-order valence-electron chi connectivity index (χ1n) is 8.11. The number of hydrogen-bond donors (Lipinski definition) is 3. The summed E-state index contributed by atoms with van der Waals surface area (Å²) in [5.74, 6) is 0.702. The van der Waals surface area contributed by atoms with Crippen molar-refractivity contribution in [3.63, 3.8) is 0 Å². The smallest absolute Gasteiger partial charge is 0.253 e. The fraction of sp³-hybridized carbons (Fsp3) is 0.500. The summed E-state index contributed by atoms with van der Waals surface area (Å²) in [5, 5.41) is 13.2. The van der Waals surface area contributed by atoms with Gasteiger partial charge in [0.05, 0.1) is 11.1 Å². The first kappa shape index (κ1) is 15.1. The summed E-state index contributed by atoms with van der Waals surface area (Å²) in [7, 11) is 0. The van der Waals surface area contributed by atoms with Gasteiger partial charge in [-0.3, -0.25) is 4.79 Å². The van der Waals surface area contributed by atoms with E-state index in [9.17, 15) is 4.79 Å². The Bertz CT molecular complexity index is 690. The molecular formula is C18H24N2O2. The zero-order valence-electron chi connectivity index (χ0n) is 13.3. The predicted molar refractivity (Wildman–Crippen MR) is 88.1 cm³/mol. The van der Waals surface area contributed by atoms with E-state index in [2.05, 4.69) is 23.3 Å². The van der Waals surface area contributed by atoms with Crippen molar-refractivity contribution in [1.82, 2.24) is 10.3 Å². The van der Waals surface area contributed by atoms with Crippen molar-refractivity contribution in [3.05, 3.63) is 35.0 Å². The number of hydrogen-bond acceptors (Lipinski definition) is 2. The fourth-order valence-corrected chi connectivity index (χ4v) is 3.23. The molecule has 2 aromatic rings. The highest BCUT2D eigenvalue weighted by molar-refractivity contribution is 6.06. The maximum Gasteiger partial charge on any atom is 0.253 e. The van der Waals surface area contributed by atoms with E-state index in [0.29, 0.717) is 18.0 Å². The van der Waals surface area contributed by atoms with Gasteiger partial charge in [-0.05, 0) is 42.7 Å². The monoisotopic (exact) mass is 300 g/mol. The number of aryl methyl sites for hydroxylation is 1. The van der Waals surface area contributed by atoms with Gasteiger partial charge >= 0.3 is 0 Å². The maximum atomic E-state index is 12.4. The Morgan fingerprint density at radius 3 is 3.09 bits per heavy atom. The molecule has 4 heteroatoms. The van der Waals surface area contributed by atoms with Crippen LogP contribution in [0.1, 0.15) is 41.9 Å². The Hall–Kier alpha value is -1.81.